The van der Waals surface area contributed by atoms with Gasteiger partial charge in [-0.1, -0.05) is 6.07 Å². The maximum Gasteiger partial charge on any atom is 0.303 e. The molecular weight excluding hydrogens is 194 g/mol. The molecule has 1 aromatic heterocycles. The maximum absolute atomic E-state index is 10.3. The Morgan fingerprint density at radius 1 is 1.60 bits per heavy atom. The van der Waals surface area contributed by atoms with Crippen molar-refractivity contribution in [3.05, 3.63) is 30.1 Å². The molecule has 1 heterocycles. The zero-order chi connectivity index (χ0) is 11.1. The van der Waals surface area contributed by atoms with Crippen molar-refractivity contribution < 1.29 is 14.6 Å². The van der Waals surface area contributed by atoms with Gasteiger partial charge >= 0.3 is 5.97 Å². The summed E-state index contributed by atoms with van der Waals surface area (Å²) in [4.78, 5) is 14.4. The topological polar surface area (TPSA) is 59.4 Å². The van der Waals surface area contributed by atoms with Gasteiger partial charge < -0.3 is 9.84 Å². The summed E-state index contributed by atoms with van der Waals surface area (Å²) in [5.41, 5.74) is 0.861. The molecule has 0 saturated carbocycles. The highest BCUT2D eigenvalue weighted by Gasteiger charge is 2.05. The summed E-state index contributed by atoms with van der Waals surface area (Å²) in [6, 6.07) is 5.62. The van der Waals surface area contributed by atoms with E-state index in [1.54, 1.807) is 6.20 Å². The van der Waals surface area contributed by atoms with Crippen LogP contribution in [0.25, 0.3) is 0 Å². The van der Waals surface area contributed by atoms with Crippen molar-refractivity contribution >= 4 is 5.97 Å². The van der Waals surface area contributed by atoms with Gasteiger partial charge in [0, 0.05) is 12.6 Å². The molecule has 15 heavy (non-hydrogen) atoms. The van der Waals surface area contributed by atoms with E-state index in [1.807, 2.05) is 25.1 Å². The molecule has 0 amide bonds. The van der Waals surface area contributed by atoms with Gasteiger partial charge in [0.05, 0.1) is 18.4 Å². The zero-order valence-corrected chi connectivity index (χ0v) is 8.72. The van der Waals surface area contributed by atoms with Gasteiger partial charge in [0.1, 0.15) is 0 Å². The van der Waals surface area contributed by atoms with E-state index < -0.39 is 5.97 Å². The lowest BCUT2D eigenvalue weighted by Crippen LogP contribution is -2.11. The Balaban J connectivity index is 2.22. The van der Waals surface area contributed by atoms with Gasteiger partial charge in [-0.3, -0.25) is 9.78 Å². The van der Waals surface area contributed by atoms with E-state index in [9.17, 15) is 4.79 Å². The minimum Gasteiger partial charge on any atom is -0.481 e. The van der Waals surface area contributed by atoms with Gasteiger partial charge in [-0.15, -0.1) is 0 Å². The molecule has 0 saturated heterocycles. The number of nitrogens with zero attached hydrogens (tertiary/aromatic N) is 1. The molecule has 0 aliphatic carbocycles. The summed E-state index contributed by atoms with van der Waals surface area (Å²) < 4.78 is 5.45. The molecule has 1 atom stereocenters. The molecule has 4 nitrogen and oxygen atoms in total. The van der Waals surface area contributed by atoms with Crippen LogP contribution in [-0.2, 0) is 16.1 Å². The SMILES string of the molecule is CC(CCC(=O)O)OCc1ccccn1. The molecule has 1 aromatic rings. The minimum atomic E-state index is -0.789. The highest BCUT2D eigenvalue weighted by Crippen LogP contribution is 2.05. The second-order valence-corrected chi connectivity index (χ2v) is 3.38. The summed E-state index contributed by atoms with van der Waals surface area (Å²) in [5, 5.41) is 8.48. The first-order valence-electron chi connectivity index (χ1n) is 4.92. The highest BCUT2D eigenvalue weighted by molar-refractivity contribution is 5.66. The molecule has 0 aliphatic heterocycles. The molecule has 0 aromatic carbocycles. The summed E-state index contributed by atoms with van der Waals surface area (Å²) in [6.07, 6.45) is 2.33. The zero-order valence-electron chi connectivity index (χ0n) is 8.72. The molecule has 82 valence electrons. The van der Waals surface area contributed by atoms with E-state index in [1.165, 1.54) is 0 Å². The van der Waals surface area contributed by atoms with Crippen LogP contribution >= 0.6 is 0 Å². The van der Waals surface area contributed by atoms with E-state index >= 15 is 0 Å². The van der Waals surface area contributed by atoms with E-state index in [2.05, 4.69) is 4.98 Å². The number of aliphatic carboxylic acids is 1. The summed E-state index contributed by atoms with van der Waals surface area (Å²) in [6.45, 7) is 2.30. The Bertz CT molecular complexity index is 300. The fraction of sp³-hybridized carbons (Fsp3) is 0.455. The van der Waals surface area contributed by atoms with E-state index in [-0.39, 0.29) is 12.5 Å². The van der Waals surface area contributed by atoms with Crippen LogP contribution in [0.5, 0.6) is 0 Å². The van der Waals surface area contributed by atoms with Crippen LogP contribution in [-0.4, -0.2) is 22.2 Å². The van der Waals surface area contributed by atoms with Crippen molar-refractivity contribution in [1.29, 1.82) is 0 Å². The Morgan fingerprint density at radius 3 is 3.00 bits per heavy atom. The van der Waals surface area contributed by atoms with Gasteiger partial charge in [0.25, 0.3) is 0 Å². The molecule has 4 heteroatoms. The van der Waals surface area contributed by atoms with E-state index in [0.717, 1.165) is 5.69 Å². The van der Waals surface area contributed by atoms with Gasteiger partial charge in [-0.05, 0) is 25.5 Å². The second kappa shape index (κ2) is 6.14. The third-order valence-corrected chi connectivity index (χ3v) is 2.01. The smallest absolute Gasteiger partial charge is 0.303 e. The molecule has 1 rings (SSSR count). The fourth-order valence-corrected chi connectivity index (χ4v) is 1.12. The number of aromatic nitrogens is 1. The average molecular weight is 209 g/mol. The molecular formula is C11H15NO3. The maximum atomic E-state index is 10.3. The number of ether oxygens (including phenoxy) is 1. The average Bonchev–Trinajstić information content (AvgIpc) is 2.25. The monoisotopic (exact) mass is 209 g/mol. The van der Waals surface area contributed by atoms with Crippen molar-refractivity contribution in [2.75, 3.05) is 0 Å². The molecule has 1 N–H and O–H groups in total. The van der Waals surface area contributed by atoms with Crippen molar-refractivity contribution in [1.82, 2.24) is 4.98 Å². The lowest BCUT2D eigenvalue weighted by molar-refractivity contribution is -0.137. The Kier molecular flexibility index (Phi) is 4.77. The number of hydrogen-bond acceptors (Lipinski definition) is 3. The Morgan fingerprint density at radius 2 is 2.40 bits per heavy atom. The van der Waals surface area contributed by atoms with Crippen LogP contribution in [0.4, 0.5) is 0 Å². The van der Waals surface area contributed by atoms with E-state index in [4.69, 9.17) is 9.84 Å². The lowest BCUT2D eigenvalue weighted by Gasteiger charge is -2.11. The van der Waals surface area contributed by atoms with Gasteiger partial charge in [0.15, 0.2) is 0 Å². The van der Waals surface area contributed by atoms with Crippen LogP contribution in [0.3, 0.4) is 0 Å². The number of pyridine rings is 1. The first kappa shape index (κ1) is 11.7. The van der Waals surface area contributed by atoms with Gasteiger partial charge in [-0.2, -0.15) is 0 Å². The molecule has 0 fully saturated rings. The third kappa shape index (κ3) is 5.12. The summed E-state index contributed by atoms with van der Waals surface area (Å²) >= 11 is 0. The van der Waals surface area contributed by atoms with Gasteiger partial charge in [-0.25, -0.2) is 0 Å². The second-order valence-electron chi connectivity index (χ2n) is 3.38. The van der Waals surface area contributed by atoms with Crippen molar-refractivity contribution in [2.45, 2.75) is 32.5 Å². The first-order valence-corrected chi connectivity index (χ1v) is 4.92. The lowest BCUT2D eigenvalue weighted by atomic mass is 10.2. The first-order chi connectivity index (χ1) is 7.18. The Labute approximate surface area is 88.9 Å². The normalized spacial score (nSPS) is 12.3. The minimum absolute atomic E-state index is 0.0527. The molecule has 1 unspecified atom stereocenters. The fourth-order valence-electron chi connectivity index (χ4n) is 1.12. The number of rotatable bonds is 6. The summed E-state index contributed by atoms with van der Waals surface area (Å²) in [5.74, 6) is -0.789. The highest BCUT2D eigenvalue weighted by atomic mass is 16.5. The molecule has 0 spiro atoms. The standard InChI is InChI=1S/C11H15NO3/c1-9(5-6-11(13)14)15-8-10-4-2-3-7-12-10/h2-4,7,9H,5-6,8H2,1H3,(H,13,14). The van der Waals surface area contributed by atoms with Crippen molar-refractivity contribution in [3.63, 3.8) is 0 Å². The number of carboxylic acids is 1. The number of carboxylic acid groups (broad SMARTS) is 1. The van der Waals surface area contributed by atoms with Crippen LogP contribution in [0.15, 0.2) is 24.4 Å². The number of hydrogen-bond donors (Lipinski definition) is 1. The molecule has 0 bridgehead atoms. The molecule has 0 aliphatic rings. The Hall–Kier alpha value is -1.42. The van der Waals surface area contributed by atoms with Crippen LogP contribution < -0.4 is 0 Å². The van der Waals surface area contributed by atoms with Crippen LogP contribution in [0.2, 0.25) is 0 Å². The largest absolute Gasteiger partial charge is 0.481 e. The predicted molar refractivity (Wildman–Crippen MR) is 55.4 cm³/mol. The van der Waals surface area contributed by atoms with Crippen LogP contribution in [0.1, 0.15) is 25.5 Å². The summed E-state index contributed by atoms with van der Waals surface area (Å²) in [7, 11) is 0. The quantitative estimate of drug-likeness (QED) is 0.776. The van der Waals surface area contributed by atoms with E-state index in [0.29, 0.717) is 13.0 Å². The van der Waals surface area contributed by atoms with Crippen molar-refractivity contribution in [3.8, 4) is 0 Å². The van der Waals surface area contributed by atoms with Crippen LogP contribution in [0, 0.1) is 0 Å². The predicted octanol–water partition coefficient (Wildman–Crippen LogP) is 1.85. The number of carbonyl (C=O) groups is 1. The third-order valence-electron chi connectivity index (χ3n) is 2.01. The molecule has 0 radical (unpaired) electrons. The van der Waals surface area contributed by atoms with Gasteiger partial charge in [0.2, 0.25) is 0 Å². The van der Waals surface area contributed by atoms with Crippen molar-refractivity contribution in [2.24, 2.45) is 0 Å².